The van der Waals surface area contributed by atoms with E-state index in [0.29, 0.717) is 11.2 Å². The van der Waals surface area contributed by atoms with Gasteiger partial charge in [0.25, 0.3) is 0 Å². The Morgan fingerprint density at radius 3 is 2.00 bits per heavy atom. The van der Waals surface area contributed by atoms with Crippen molar-refractivity contribution in [3.63, 3.8) is 0 Å². The summed E-state index contributed by atoms with van der Waals surface area (Å²) >= 11 is 2.01. The quantitative estimate of drug-likeness (QED) is 0.149. The topological polar surface area (TPSA) is 12.4 Å². The van der Waals surface area contributed by atoms with Gasteiger partial charge in [-0.1, -0.05) is 206 Å². The summed E-state index contributed by atoms with van der Waals surface area (Å²) in [4.78, 5) is 7.17. The summed E-state index contributed by atoms with van der Waals surface area (Å²) in [6.45, 7) is 4.65. The van der Waals surface area contributed by atoms with Gasteiger partial charge in [-0.15, -0.1) is 11.8 Å². The van der Waals surface area contributed by atoms with Crippen LogP contribution in [0.5, 0.6) is 0 Å². The van der Waals surface area contributed by atoms with Gasteiger partial charge in [0.15, 0.2) is 0 Å². The van der Waals surface area contributed by atoms with Crippen molar-refractivity contribution in [3.05, 3.63) is 274 Å². The van der Waals surface area contributed by atoms with E-state index in [1.807, 2.05) is 11.8 Å². The second kappa shape index (κ2) is 17.4. The molecule has 0 aromatic heterocycles. The van der Waals surface area contributed by atoms with Crippen LogP contribution < -0.4 is 0 Å². The van der Waals surface area contributed by atoms with Crippen LogP contribution in [0, 0.1) is 5.92 Å². The van der Waals surface area contributed by atoms with Crippen LogP contribution in [0.4, 0.5) is 0 Å². The Kier molecular flexibility index (Phi) is 10.9. The van der Waals surface area contributed by atoms with Gasteiger partial charge in [0.2, 0.25) is 0 Å². The fourth-order valence-corrected chi connectivity index (χ4v) is 12.0. The first-order valence-corrected chi connectivity index (χ1v) is 23.7. The molecule has 2 aliphatic heterocycles. The molecule has 4 unspecified atom stereocenters. The van der Waals surface area contributed by atoms with E-state index in [0.717, 1.165) is 30.7 Å². The smallest absolute Gasteiger partial charge is 0.0520 e. The molecule has 0 spiro atoms. The monoisotopic (exact) mass is 841 g/mol. The highest BCUT2D eigenvalue weighted by molar-refractivity contribution is 8.00. The van der Waals surface area contributed by atoms with Crippen molar-refractivity contribution in [1.82, 2.24) is 0 Å². The van der Waals surface area contributed by atoms with Crippen molar-refractivity contribution < 1.29 is 0 Å². The lowest BCUT2D eigenvalue weighted by Crippen LogP contribution is -2.13. The molecule has 0 amide bonds. The summed E-state index contributed by atoms with van der Waals surface area (Å²) in [6, 6.07) is 60.1. The molecule has 0 fully saturated rings. The molecule has 6 aromatic rings. The normalized spacial score (nSPS) is 21.6. The average Bonchev–Trinajstić information content (AvgIpc) is 3.69. The number of rotatable bonds is 8. The zero-order valence-corrected chi connectivity index (χ0v) is 37.3. The molecule has 0 bridgehead atoms. The Labute approximate surface area is 383 Å². The molecule has 64 heavy (non-hydrogen) atoms. The minimum Gasteiger partial charge on any atom is -0.256 e. The molecule has 11 rings (SSSR count). The van der Waals surface area contributed by atoms with Gasteiger partial charge in [-0.2, -0.15) is 0 Å². The van der Waals surface area contributed by atoms with Crippen LogP contribution in [0.3, 0.4) is 0 Å². The van der Waals surface area contributed by atoms with Crippen molar-refractivity contribution in [3.8, 4) is 0 Å². The second-order valence-corrected chi connectivity index (χ2v) is 19.0. The summed E-state index contributed by atoms with van der Waals surface area (Å²) in [7, 11) is 0. The Morgan fingerprint density at radius 1 is 0.594 bits per heavy atom. The Morgan fingerprint density at radius 2 is 1.27 bits per heavy atom. The number of benzene rings is 6. The molecule has 0 saturated carbocycles. The molecule has 5 aliphatic rings. The van der Waals surface area contributed by atoms with E-state index in [9.17, 15) is 0 Å². The summed E-state index contributed by atoms with van der Waals surface area (Å²) in [5.74, 6) is 0.807. The second-order valence-electron chi connectivity index (χ2n) is 17.8. The highest BCUT2D eigenvalue weighted by atomic mass is 32.2. The van der Waals surface area contributed by atoms with Gasteiger partial charge >= 0.3 is 0 Å². The van der Waals surface area contributed by atoms with Crippen molar-refractivity contribution in [2.75, 3.05) is 0 Å². The van der Waals surface area contributed by atoms with Crippen LogP contribution in [0.25, 0.3) is 27.9 Å². The first kappa shape index (κ1) is 40.1. The summed E-state index contributed by atoms with van der Waals surface area (Å²) in [5.41, 5.74) is 21.9. The van der Waals surface area contributed by atoms with E-state index >= 15 is 0 Å². The van der Waals surface area contributed by atoms with Gasteiger partial charge in [-0.3, -0.25) is 4.99 Å². The molecule has 3 aliphatic carbocycles. The van der Waals surface area contributed by atoms with Crippen molar-refractivity contribution in [1.29, 1.82) is 0 Å². The van der Waals surface area contributed by atoms with Crippen LogP contribution in [0.2, 0.25) is 0 Å². The van der Waals surface area contributed by atoms with Crippen LogP contribution in [-0.4, -0.2) is 11.0 Å². The van der Waals surface area contributed by atoms with Crippen LogP contribution in [-0.2, 0) is 0 Å². The maximum absolute atomic E-state index is 5.76. The number of hydrogen-bond donors (Lipinski definition) is 0. The van der Waals surface area contributed by atoms with Gasteiger partial charge in [-0.05, 0) is 117 Å². The molecule has 0 saturated heterocycles. The molecule has 1 nitrogen and oxygen atoms in total. The fourth-order valence-electron chi connectivity index (χ4n) is 10.5. The van der Waals surface area contributed by atoms with Gasteiger partial charge < -0.3 is 0 Å². The first-order chi connectivity index (χ1) is 31.5. The zero-order valence-electron chi connectivity index (χ0n) is 36.5. The lowest BCUT2D eigenvalue weighted by molar-refractivity contribution is 0.751. The van der Waals surface area contributed by atoms with Crippen LogP contribution >= 0.6 is 11.8 Å². The van der Waals surface area contributed by atoms with E-state index in [1.54, 1.807) is 0 Å². The Hall–Kier alpha value is -6.74. The molecule has 310 valence electrons. The van der Waals surface area contributed by atoms with Crippen molar-refractivity contribution in [2.45, 2.75) is 55.1 Å². The molecular weight excluding hydrogens is 791 g/mol. The number of fused-ring (bicyclic) bond motifs is 3. The third-order valence-corrected chi connectivity index (χ3v) is 15.2. The van der Waals surface area contributed by atoms with Gasteiger partial charge in [0.05, 0.1) is 11.4 Å². The molecule has 2 heterocycles. The van der Waals surface area contributed by atoms with Crippen molar-refractivity contribution >= 4 is 45.3 Å². The predicted molar refractivity (Wildman–Crippen MR) is 273 cm³/mol. The number of allylic oxidation sites excluding steroid dienone is 14. The highest BCUT2D eigenvalue weighted by Gasteiger charge is 2.36. The third kappa shape index (κ3) is 7.82. The predicted octanol–water partition coefficient (Wildman–Crippen LogP) is 16.2. The van der Waals surface area contributed by atoms with E-state index in [-0.39, 0.29) is 11.8 Å². The molecule has 2 heteroatoms. The lowest BCUT2D eigenvalue weighted by atomic mass is 9.81. The number of aliphatic imine (C=N–C) groups is 1. The number of hydrogen-bond acceptors (Lipinski definition) is 2. The Bertz CT molecular complexity index is 3040. The number of thioether (sulfide) groups is 1. The van der Waals surface area contributed by atoms with E-state index in [2.05, 4.69) is 226 Å². The molecular formula is C62H51NS. The third-order valence-electron chi connectivity index (χ3n) is 13.7. The standard InChI is InChI=1S/C62H51NS/c1-41-36-58(51-23-14-22-50(37-51)54-39-52(44-18-8-4-9-19-44)38-53(40-54)45-20-10-5-11-21-45)63-61(49-34-28-46(29-35-49)43-16-6-3-7-17-43)42(2)60(41)48-32-30-47(31-33-48)55-25-15-26-57-56-24-12-13-27-59(56)64-62(55)57/h3-34,37-39,49,54,57,62H,35-36,40H2,1-2H3. The summed E-state index contributed by atoms with van der Waals surface area (Å²) < 4.78 is 0. The molecule has 4 atom stereocenters. The summed E-state index contributed by atoms with van der Waals surface area (Å²) in [6.07, 6.45) is 21.6. The fraction of sp³-hybridized carbons (Fsp3) is 0.145. The maximum Gasteiger partial charge on any atom is 0.0520 e. The zero-order chi connectivity index (χ0) is 43.0. The van der Waals surface area contributed by atoms with Gasteiger partial charge in [-0.25, -0.2) is 0 Å². The Balaban J connectivity index is 0.953. The number of nitrogens with zero attached hydrogens (tertiary/aromatic N) is 1. The van der Waals surface area contributed by atoms with E-state index in [4.69, 9.17) is 4.99 Å². The minimum absolute atomic E-state index is 0.163. The highest BCUT2D eigenvalue weighted by Crippen LogP contribution is 2.53. The maximum atomic E-state index is 5.76. The van der Waals surface area contributed by atoms with E-state index in [1.165, 1.54) is 88.4 Å². The average molecular weight is 842 g/mol. The van der Waals surface area contributed by atoms with Crippen LogP contribution in [0.15, 0.2) is 239 Å². The molecule has 6 aromatic carbocycles. The lowest BCUT2D eigenvalue weighted by Gasteiger charge is -2.24. The van der Waals surface area contributed by atoms with Crippen molar-refractivity contribution in [2.24, 2.45) is 10.9 Å². The minimum atomic E-state index is 0.163. The SMILES string of the molecule is CC1=C(c2ccc(C3=CC=CC4c5ccccc5SC34)cc2)C(C)=C(C2C=CC(c3ccccc3)=CC2)N=C(c2cccc(C3C=C(c4ccccc4)C=C(c4ccccc4)C3)c2)C1. The molecule has 0 radical (unpaired) electrons. The van der Waals surface area contributed by atoms with Crippen LogP contribution in [0.1, 0.15) is 89.5 Å². The first-order valence-electron chi connectivity index (χ1n) is 22.8. The van der Waals surface area contributed by atoms with Gasteiger partial charge in [0.1, 0.15) is 0 Å². The largest absolute Gasteiger partial charge is 0.256 e. The van der Waals surface area contributed by atoms with E-state index < -0.39 is 0 Å². The molecule has 0 N–H and O–H groups in total. The summed E-state index contributed by atoms with van der Waals surface area (Å²) in [5, 5.41) is 0.397. The van der Waals surface area contributed by atoms with Gasteiger partial charge in [0, 0.05) is 34.3 Å².